The van der Waals surface area contributed by atoms with Gasteiger partial charge in [-0.05, 0) is 12.1 Å². The van der Waals surface area contributed by atoms with E-state index < -0.39 is 0 Å². The van der Waals surface area contributed by atoms with E-state index >= 15 is 0 Å². The molecular weight excluding hydrogens is 291 g/mol. The molecule has 0 spiro atoms. The van der Waals surface area contributed by atoms with E-state index in [1.165, 1.54) is 0 Å². The summed E-state index contributed by atoms with van der Waals surface area (Å²) in [7, 11) is 1.67. The second kappa shape index (κ2) is 5.19. The van der Waals surface area contributed by atoms with Crippen molar-refractivity contribution in [2.75, 3.05) is 20.2 Å². The number of nitrogens with one attached hydrogen (secondary N) is 1. The van der Waals surface area contributed by atoms with Gasteiger partial charge in [0.2, 0.25) is 0 Å². The van der Waals surface area contributed by atoms with Crippen LogP contribution in [0.2, 0.25) is 0 Å². The molecule has 0 saturated heterocycles. The van der Waals surface area contributed by atoms with Crippen LogP contribution < -0.4 is 10.1 Å². The Balaban J connectivity index is 0.000000980. The van der Waals surface area contributed by atoms with Gasteiger partial charge in [0.15, 0.2) is 0 Å². The Hall–Kier alpha value is -0.780. The molecule has 1 aromatic carbocycles. The molecule has 0 bridgehead atoms. The highest BCUT2D eigenvalue weighted by atomic mass is 127. The first-order valence-corrected chi connectivity index (χ1v) is 4.33. The van der Waals surface area contributed by atoms with E-state index in [2.05, 4.69) is 10.3 Å². The minimum Gasteiger partial charge on any atom is -0.496 e. The Morgan fingerprint density at radius 2 is 2.14 bits per heavy atom. The standard InChI is InChI=1S/C10H12N2O.HI/c1-13-9-5-3-2-4-8(9)10-11-6-7-12-10;/h2-5H,6-7H2,1H3,(H,11,12);1H. The Kier molecular flexibility index (Phi) is 4.19. The van der Waals surface area contributed by atoms with Crippen molar-refractivity contribution in [3.63, 3.8) is 0 Å². The third-order valence-corrected chi connectivity index (χ3v) is 2.04. The maximum Gasteiger partial charge on any atom is 0.132 e. The van der Waals surface area contributed by atoms with Gasteiger partial charge in [0.25, 0.3) is 0 Å². The van der Waals surface area contributed by atoms with E-state index in [9.17, 15) is 0 Å². The molecule has 0 aromatic heterocycles. The number of nitrogens with zero attached hydrogens (tertiary/aromatic N) is 1. The molecule has 0 atom stereocenters. The summed E-state index contributed by atoms with van der Waals surface area (Å²) >= 11 is 0. The molecule has 1 aliphatic rings. The average molecular weight is 304 g/mol. The molecule has 14 heavy (non-hydrogen) atoms. The lowest BCUT2D eigenvalue weighted by atomic mass is 10.2. The molecular formula is C10H13IN2O. The fourth-order valence-electron chi connectivity index (χ4n) is 1.42. The van der Waals surface area contributed by atoms with E-state index in [1.807, 2.05) is 24.3 Å². The van der Waals surface area contributed by atoms with Gasteiger partial charge in [-0.1, -0.05) is 12.1 Å². The first kappa shape index (κ1) is 11.3. The summed E-state index contributed by atoms with van der Waals surface area (Å²) in [6, 6.07) is 7.89. The van der Waals surface area contributed by atoms with Gasteiger partial charge < -0.3 is 10.1 Å². The van der Waals surface area contributed by atoms with Crippen molar-refractivity contribution in [3.05, 3.63) is 29.8 Å². The molecule has 76 valence electrons. The smallest absolute Gasteiger partial charge is 0.132 e. The van der Waals surface area contributed by atoms with E-state index in [4.69, 9.17) is 4.74 Å². The largest absolute Gasteiger partial charge is 0.496 e. The van der Waals surface area contributed by atoms with Crippen LogP contribution in [0.4, 0.5) is 0 Å². The zero-order valence-corrected chi connectivity index (χ0v) is 10.3. The molecule has 4 heteroatoms. The molecule has 0 fully saturated rings. The summed E-state index contributed by atoms with van der Waals surface area (Å²) in [6.07, 6.45) is 0. The van der Waals surface area contributed by atoms with Crippen LogP contribution in [0.25, 0.3) is 0 Å². The summed E-state index contributed by atoms with van der Waals surface area (Å²) in [5.41, 5.74) is 1.04. The number of hydrogen-bond acceptors (Lipinski definition) is 3. The number of rotatable bonds is 2. The topological polar surface area (TPSA) is 33.6 Å². The van der Waals surface area contributed by atoms with E-state index in [-0.39, 0.29) is 24.0 Å². The number of aliphatic imine (C=N–C) groups is 1. The molecule has 0 unspecified atom stereocenters. The first-order valence-electron chi connectivity index (χ1n) is 4.33. The van der Waals surface area contributed by atoms with Crippen molar-refractivity contribution in [1.29, 1.82) is 0 Å². The summed E-state index contributed by atoms with van der Waals surface area (Å²) in [5.74, 6) is 1.81. The van der Waals surface area contributed by atoms with Crippen LogP contribution in [0.3, 0.4) is 0 Å². The third kappa shape index (κ3) is 2.17. The lowest BCUT2D eigenvalue weighted by molar-refractivity contribution is 0.414. The van der Waals surface area contributed by atoms with Crippen LogP contribution in [0.5, 0.6) is 5.75 Å². The molecule has 2 rings (SSSR count). The van der Waals surface area contributed by atoms with Crippen LogP contribution in [-0.2, 0) is 0 Å². The van der Waals surface area contributed by atoms with Gasteiger partial charge in [-0.2, -0.15) is 0 Å². The quantitative estimate of drug-likeness (QED) is 0.843. The second-order valence-electron chi connectivity index (χ2n) is 2.86. The molecule has 0 radical (unpaired) electrons. The predicted octanol–water partition coefficient (Wildman–Crippen LogP) is 1.66. The SMILES string of the molecule is COc1ccccc1C1=NCCN1.I. The van der Waals surface area contributed by atoms with Crippen molar-refractivity contribution < 1.29 is 4.74 Å². The minimum absolute atomic E-state index is 0. The van der Waals surface area contributed by atoms with Crippen LogP contribution >= 0.6 is 24.0 Å². The van der Waals surface area contributed by atoms with E-state index in [1.54, 1.807) is 7.11 Å². The zero-order chi connectivity index (χ0) is 9.10. The number of methoxy groups -OCH3 is 1. The maximum atomic E-state index is 5.24. The van der Waals surface area contributed by atoms with E-state index in [0.29, 0.717) is 0 Å². The van der Waals surface area contributed by atoms with Crippen molar-refractivity contribution in [2.45, 2.75) is 0 Å². The van der Waals surface area contributed by atoms with Gasteiger partial charge in [0.05, 0.1) is 19.2 Å². The van der Waals surface area contributed by atoms with Gasteiger partial charge in [-0.3, -0.25) is 4.99 Å². The fourth-order valence-corrected chi connectivity index (χ4v) is 1.42. The Morgan fingerprint density at radius 1 is 1.36 bits per heavy atom. The summed E-state index contributed by atoms with van der Waals surface area (Å²) in [4.78, 5) is 4.34. The monoisotopic (exact) mass is 304 g/mol. The van der Waals surface area contributed by atoms with Gasteiger partial charge in [-0.15, -0.1) is 24.0 Å². The Morgan fingerprint density at radius 3 is 2.79 bits per heavy atom. The summed E-state index contributed by atoms with van der Waals surface area (Å²) < 4.78 is 5.24. The van der Waals surface area contributed by atoms with Gasteiger partial charge >= 0.3 is 0 Å². The molecule has 1 heterocycles. The summed E-state index contributed by atoms with van der Waals surface area (Å²) in [5, 5.41) is 3.22. The van der Waals surface area contributed by atoms with Gasteiger partial charge in [0.1, 0.15) is 11.6 Å². The molecule has 0 aliphatic carbocycles. The predicted molar refractivity (Wildman–Crippen MR) is 67.8 cm³/mol. The number of benzene rings is 1. The number of para-hydroxylation sites is 1. The number of ether oxygens (including phenoxy) is 1. The highest BCUT2D eigenvalue weighted by molar-refractivity contribution is 14.0. The highest BCUT2D eigenvalue weighted by Crippen LogP contribution is 2.18. The normalized spacial score (nSPS) is 13.9. The minimum atomic E-state index is 0. The van der Waals surface area contributed by atoms with Crippen molar-refractivity contribution in [3.8, 4) is 5.75 Å². The third-order valence-electron chi connectivity index (χ3n) is 2.04. The lowest BCUT2D eigenvalue weighted by Gasteiger charge is -2.07. The van der Waals surface area contributed by atoms with Crippen LogP contribution in [-0.4, -0.2) is 26.0 Å². The zero-order valence-electron chi connectivity index (χ0n) is 7.99. The van der Waals surface area contributed by atoms with Crippen LogP contribution in [0.15, 0.2) is 29.3 Å². The number of amidine groups is 1. The second-order valence-corrected chi connectivity index (χ2v) is 2.86. The van der Waals surface area contributed by atoms with Crippen molar-refractivity contribution >= 4 is 29.8 Å². The van der Waals surface area contributed by atoms with E-state index in [0.717, 1.165) is 30.2 Å². The molecule has 0 saturated carbocycles. The van der Waals surface area contributed by atoms with Crippen molar-refractivity contribution in [2.24, 2.45) is 4.99 Å². The van der Waals surface area contributed by atoms with Crippen LogP contribution in [0.1, 0.15) is 5.56 Å². The number of halogens is 1. The van der Waals surface area contributed by atoms with Crippen molar-refractivity contribution in [1.82, 2.24) is 5.32 Å². The lowest BCUT2D eigenvalue weighted by Crippen LogP contribution is -2.19. The Labute approximate surface area is 101 Å². The fraction of sp³-hybridized carbons (Fsp3) is 0.300. The molecule has 1 N–H and O–H groups in total. The first-order chi connectivity index (χ1) is 6.42. The molecule has 0 amide bonds. The maximum absolute atomic E-state index is 5.24. The molecule has 1 aliphatic heterocycles. The van der Waals surface area contributed by atoms with Crippen LogP contribution in [0, 0.1) is 0 Å². The molecule has 1 aromatic rings. The Bertz CT molecular complexity index is 339. The number of hydrogen-bond donors (Lipinski definition) is 1. The summed E-state index contributed by atoms with van der Waals surface area (Å²) in [6.45, 7) is 1.78. The van der Waals surface area contributed by atoms with Gasteiger partial charge in [0, 0.05) is 6.54 Å². The molecule has 3 nitrogen and oxygen atoms in total. The average Bonchev–Trinajstić information content (AvgIpc) is 2.70. The van der Waals surface area contributed by atoms with Gasteiger partial charge in [-0.25, -0.2) is 0 Å². The highest BCUT2D eigenvalue weighted by Gasteiger charge is 2.11.